The molecule has 0 saturated carbocycles. The maximum absolute atomic E-state index is 13.3. The number of halogens is 6. The molecule has 3 N–H and O–H groups in total. The van der Waals surface area contributed by atoms with E-state index in [-0.39, 0.29) is 5.82 Å². The molecular formula is C25H38BF6N3OS2. The van der Waals surface area contributed by atoms with Crippen LogP contribution in [-0.2, 0) is 5.41 Å². The molecule has 4 nitrogen and oxygen atoms in total. The van der Waals surface area contributed by atoms with E-state index in [1.165, 1.54) is 18.3 Å². The average Bonchev–Trinajstić information content (AvgIpc) is 2.75. The van der Waals surface area contributed by atoms with E-state index in [1.807, 2.05) is 25.3 Å². The first-order valence-corrected chi connectivity index (χ1v) is 15.0. The molecular weight excluding hydrogens is 547 g/mol. The molecule has 38 heavy (non-hydrogen) atoms. The molecule has 2 atom stereocenters. The Kier molecular flexibility index (Phi) is 10.9. The third-order valence-corrected chi connectivity index (χ3v) is 8.14. The van der Waals surface area contributed by atoms with Gasteiger partial charge in [-0.2, -0.15) is 4.41 Å². The average molecular weight is 586 g/mol. The van der Waals surface area contributed by atoms with Crippen molar-refractivity contribution in [1.29, 1.82) is 5.41 Å². The Bertz CT molecular complexity index is 1090. The van der Waals surface area contributed by atoms with Gasteiger partial charge in [0.1, 0.15) is 10.7 Å². The zero-order chi connectivity index (χ0) is 29.6. The number of nitrogens with zero attached hydrogens (tertiary/aromatic N) is 1. The van der Waals surface area contributed by atoms with Crippen molar-refractivity contribution in [2.24, 2.45) is 0 Å². The zero-order valence-electron chi connectivity index (χ0n) is 22.8. The number of nitrogens with one attached hydrogen (secondary N) is 2. The SMILES string of the molecule is CB(C)SN(C)Nc1cc(F)cc(C)c1C=N.CCCC(CC)(c1ccc(S(F)(F)(F)(F)F)cc1)C(C)O. The van der Waals surface area contributed by atoms with Gasteiger partial charge in [-0.1, -0.05) is 65.5 Å². The van der Waals surface area contributed by atoms with E-state index < -0.39 is 26.6 Å². The van der Waals surface area contributed by atoms with Crippen LogP contribution >= 0.6 is 22.0 Å². The summed E-state index contributed by atoms with van der Waals surface area (Å²) in [7, 11) is -7.77. The molecule has 0 heterocycles. The molecule has 13 heteroatoms. The van der Waals surface area contributed by atoms with Crippen LogP contribution in [0.1, 0.15) is 56.7 Å². The molecule has 0 radical (unpaired) electrons. The van der Waals surface area contributed by atoms with Gasteiger partial charge in [-0.05, 0) is 62.1 Å². The van der Waals surface area contributed by atoms with Gasteiger partial charge >= 0.3 is 10.2 Å². The van der Waals surface area contributed by atoms with Crippen molar-refractivity contribution in [1.82, 2.24) is 4.41 Å². The van der Waals surface area contributed by atoms with Gasteiger partial charge in [0.2, 0.25) is 5.99 Å². The second-order valence-electron chi connectivity index (χ2n) is 9.52. The lowest BCUT2D eigenvalue weighted by Crippen LogP contribution is -2.37. The zero-order valence-corrected chi connectivity index (χ0v) is 24.4. The quantitative estimate of drug-likeness (QED) is 0.0809. The van der Waals surface area contributed by atoms with Crippen molar-refractivity contribution in [3.05, 3.63) is 58.9 Å². The Morgan fingerprint density at radius 3 is 2.08 bits per heavy atom. The fourth-order valence-electron chi connectivity index (χ4n) is 4.31. The number of hydrazine groups is 1. The molecule has 2 aromatic rings. The second-order valence-corrected chi connectivity index (χ2v) is 13.6. The maximum atomic E-state index is 13.3. The molecule has 2 rings (SSSR count). The largest absolute Gasteiger partial charge is 0.392 e. The molecule has 2 aromatic carbocycles. The van der Waals surface area contributed by atoms with E-state index in [0.717, 1.165) is 24.1 Å². The summed E-state index contributed by atoms with van der Waals surface area (Å²) < 4.78 is 78.7. The Balaban J connectivity index is 0.000000389. The van der Waals surface area contributed by atoms with Crippen molar-refractivity contribution >= 4 is 39.9 Å². The van der Waals surface area contributed by atoms with Gasteiger partial charge in [0.15, 0.2) is 0 Å². The number of rotatable bonds is 11. The highest BCUT2D eigenvalue weighted by atomic mass is 32.5. The Morgan fingerprint density at radius 1 is 1.13 bits per heavy atom. The summed E-state index contributed by atoms with van der Waals surface area (Å²) in [5, 5.41) is 17.4. The summed E-state index contributed by atoms with van der Waals surface area (Å²) in [5.41, 5.74) is 4.90. The van der Waals surface area contributed by atoms with Gasteiger partial charge in [-0.15, -0.1) is 11.8 Å². The van der Waals surface area contributed by atoms with Crippen molar-refractivity contribution in [3.63, 3.8) is 0 Å². The summed E-state index contributed by atoms with van der Waals surface area (Å²) in [4.78, 5) is -1.90. The highest BCUT2D eigenvalue weighted by molar-refractivity contribution is 8.45. The minimum atomic E-state index is -9.64. The number of hydrogen-bond donors (Lipinski definition) is 3. The van der Waals surface area contributed by atoms with Crippen LogP contribution in [0.3, 0.4) is 0 Å². The summed E-state index contributed by atoms with van der Waals surface area (Å²) in [6.07, 6.45) is 2.26. The van der Waals surface area contributed by atoms with E-state index >= 15 is 0 Å². The smallest absolute Gasteiger partial charge is 0.310 e. The number of benzene rings is 2. The number of aliphatic hydroxyl groups excluding tert-OH is 1. The number of aryl methyl sites for hydroxylation is 1. The van der Waals surface area contributed by atoms with E-state index in [4.69, 9.17) is 5.41 Å². The Labute approximate surface area is 226 Å². The fourth-order valence-corrected chi connectivity index (χ4v) is 5.75. The molecule has 0 aliphatic rings. The van der Waals surface area contributed by atoms with Gasteiger partial charge in [0.25, 0.3) is 0 Å². The topological polar surface area (TPSA) is 59.4 Å². The molecule has 0 fully saturated rings. The van der Waals surface area contributed by atoms with Crippen LogP contribution in [0.25, 0.3) is 0 Å². The Hall–Kier alpha value is -1.83. The Morgan fingerprint density at radius 2 is 1.68 bits per heavy atom. The molecule has 0 aliphatic carbocycles. The van der Waals surface area contributed by atoms with E-state index in [9.17, 15) is 28.9 Å². The first-order chi connectivity index (χ1) is 17.2. The first-order valence-electron chi connectivity index (χ1n) is 12.2. The molecule has 0 spiro atoms. The minimum absolute atomic E-state index is 0.293. The standard InChI is InChI=1S/C14H21F5OS.C11H17BFN3S/c1-4-10-14(5-2,11(3)20)12-6-8-13(9-7-12)21(15,16,17,18)19;1-8-5-9(13)6-11(10(8)7-14)15-16(4)17-12(2)3/h6-9,11,20H,4-5,10H2,1-3H3;5-7,14-15H,1-4H3. The van der Waals surface area contributed by atoms with E-state index in [0.29, 0.717) is 47.8 Å². The van der Waals surface area contributed by atoms with Crippen LogP contribution in [0.15, 0.2) is 41.3 Å². The summed E-state index contributed by atoms with van der Waals surface area (Å²) >= 11 is 1.60. The van der Waals surface area contributed by atoms with Gasteiger partial charge in [-0.3, -0.25) is 0 Å². The third kappa shape index (κ3) is 9.42. The van der Waals surface area contributed by atoms with Crippen LogP contribution < -0.4 is 5.43 Å². The predicted octanol–water partition coefficient (Wildman–Crippen LogP) is 9.46. The van der Waals surface area contributed by atoms with Crippen LogP contribution in [0, 0.1) is 18.2 Å². The molecule has 0 aromatic heterocycles. The van der Waals surface area contributed by atoms with E-state index in [1.54, 1.807) is 25.6 Å². The lowest BCUT2D eigenvalue weighted by molar-refractivity contribution is 0.0856. The lowest BCUT2D eigenvalue weighted by Gasteiger charge is -2.41. The molecule has 0 saturated heterocycles. The monoisotopic (exact) mass is 585 g/mol. The minimum Gasteiger partial charge on any atom is -0.392 e. The molecule has 0 bridgehead atoms. The summed E-state index contributed by atoms with van der Waals surface area (Å²) in [5.74, 6) is 0.143. The van der Waals surface area contributed by atoms with Crippen molar-refractivity contribution < 1.29 is 28.9 Å². The molecule has 0 aliphatic heterocycles. The molecule has 216 valence electrons. The number of aliphatic hydroxyl groups is 1. The fraction of sp³-hybridized carbons (Fsp3) is 0.480. The first kappa shape index (κ1) is 34.2. The highest BCUT2D eigenvalue weighted by Gasteiger charge is 2.65. The predicted molar refractivity (Wildman–Crippen MR) is 152 cm³/mol. The lowest BCUT2D eigenvalue weighted by atomic mass is 9.71. The van der Waals surface area contributed by atoms with Crippen LogP contribution in [-0.4, -0.2) is 34.9 Å². The summed E-state index contributed by atoms with van der Waals surface area (Å²) in [6.45, 7) is 11.2. The van der Waals surface area contributed by atoms with Crippen molar-refractivity contribution in [2.45, 2.75) is 77.0 Å². The highest BCUT2D eigenvalue weighted by Crippen LogP contribution is 3.02. The van der Waals surface area contributed by atoms with Crippen molar-refractivity contribution in [3.8, 4) is 0 Å². The summed E-state index contributed by atoms with van der Waals surface area (Å²) in [6, 6.07) is 5.78. The third-order valence-electron chi connectivity index (χ3n) is 6.14. The van der Waals surface area contributed by atoms with Crippen LogP contribution in [0.4, 0.5) is 29.5 Å². The maximum Gasteiger partial charge on any atom is 0.310 e. The van der Waals surface area contributed by atoms with Crippen LogP contribution in [0.2, 0.25) is 13.6 Å². The van der Waals surface area contributed by atoms with Gasteiger partial charge < -0.3 is 15.9 Å². The van der Waals surface area contributed by atoms with Gasteiger partial charge in [0, 0.05) is 24.2 Å². The number of hydrogen-bond acceptors (Lipinski definition) is 5. The second kappa shape index (κ2) is 12.1. The molecule has 2 unspecified atom stereocenters. The van der Waals surface area contributed by atoms with Crippen molar-refractivity contribution in [2.75, 3.05) is 12.5 Å². The molecule has 0 amide bonds. The van der Waals surface area contributed by atoms with E-state index in [2.05, 4.69) is 19.1 Å². The number of anilines is 1. The van der Waals surface area contributed by atoms with Gasteiger partial charge in [-0.25, -0.2) is 4.39 Å². The van der Waals surface area contributed by atoms with Gasteiger partial charge in [0.05, 0.1) is 11.8 Å². The van der Waals surface area contributed by atoms with Crippen LogP contribution in [0.5, 0.6) is 0 Å². The normalized spacial score (nSPS) is 15.9.